The molecule has 4 fully saturated rings. The van der Waals surface area contributed by atoms with E-state index in [-0.39, 0.29) is 29.5 Å². The second kappa shape index (κ2) is 10.3. The number of methoxy groups -OCH3 is 2. The predicted molar refractivity (Wildman–Crippen MR) is 135 cm³/mol. The average molecular weight is 557 g/mol. The first-order valence-electron chi connectivity index (χ1n) is 14.0. The molecule has 2 heterocycles. The molecule has 11 heteroatoms. The Balaban J connectivity index is 1.52. The van der Waals surface area contributed by atoms with Crippen LogP contribution in [0.3, 0.4) is 0 Å². The third kappa shape index (κ3) is 4.07. The summed E-state index contributed by atoms with van der Waals surface area (Å²) < 4.78 is 29.6. The van der Waals surface area contributed by atoms with Crippen molar-refractivity contribution in [1.82, 2.24) is 0 Å². The van der Waals surface area contributed by atoms with Gasteiger partial charge in [-0.1, -0.05) is 27.7 Å². The Morgan fingerprint density at radius 1 is 0.974 bits per heavy atom. The fraction of sp³-hybridized carbons (Fsp3) is 0.893. The van der Waals surface area contributed by atoms with Gasteiger partial charge in [0.2, 0.25) is 5.78 Å². The van der Waals surface area contributed by atoms with Crippen LogP contribution in [-0.2, 0) is 28.5 Å². The van der Waals surface area contributed by atoms with Gasteiger partial charge in [-0.3, -0.25) is 4.79 Å². The third-order valence-electron chi connectivity index (χ3n) is 11.0. The first-order valence-corrected chi connectivity index (χ1v) is 14.0. The van der Waals surface area contributed by atoms with Crippen molar-refractivity contribution in [2.75, 3.05) is 20.8 Å². The average Bonchev–Trinajstić information content (AvgIpc) is 2.90. The zero-order valence-corrected chi connectivity index (χ0v) is 23.5. The molecule has 2 aliphatic heterocycles. The van der Waals surface area contributed by atoms with Gasteiger partial charge in [0.15, 0.2) is 18.3 Å². The van der Waals surface area contributed by atoms with Crippen LogP contribution >= 0.6 is 0 Å². The number of Topliss-reactive ketones (excluding diaryl/α,β-unsaturated/α-hetero) is 1. The van der Waals surface area contributed by atoms with Crippen LogP contribution in [0.25, 0.3) is 0 Å². The predicted octanol–water partition coefficient (Wildman–Crippen LogP) is -0.0425. The van der Waals surface area contributed by atoms with Crippen LogP contribution in [-0.4, -0.2) is 107 Å². The lowest BCUT2D eigenvalue weighted by molar-refractivity contribution is -0.380. The number of ether oxygens (including phenoxy) is 5. The van der Waals surface area contributed by atoms with Gasteiger partial charge < -0.3 is 49.2 Å². The second-order valence-electron chi connectivity index (χ2n) is 12.7. The summed E-state index contributed by atoms with van der Waals surface area (Å²) >= 11 is 0. The molecule has 11 nitrogen and oxygen atoms in total. The molecule has 0 bridgehead atoms. The van der Waals surface area contributed by atoms with E-state index < -0.39 is 78.7 Å². The molecular formula is C28H44O11. The molecular weight excluding hydrogens is 512 g/mol. The minimum atomic E-state index is -1.56. The number of carbonyl (C=O) groups is 1. The first-order chi connectivity index (χ1) is 18.4. The van der Waals surface area contributed by atoms with E-state index in [0.29, 0.717) is 18.6 Å². The van der Waals surface area contributed by atoms with Crippen molar-refractivity contribution in [2.45, 2.75) is 95.8 Å². The largest absolute Gasteiger partial charge is 0.493 e. The van der Waals surface area contributed by atoms with Gasteiger partial charge in [-0.15, -0.1) is 0 Å². The Morgan fingerprint density at radius 3 is 2.28 bits per heavy atom. The maximum absolute atomic E-state index is 14.0. The molecule has 3 aliphatic carbocycles. The van der Waals surface area contributed by atoms with E-state index >= 15 is 0 Å². The van der Waals surface area contributed by atoms with Crippen LogP contribution in [0.2, 0.25) is 0 Å². The second-order valence-corrected chi connectivity index (χ2v) is 12.7. The standard InChI is InChI=1S/C28H44O11/c1-11-7-15(35-5)25(34)28(4)13(11)8-17-27(3)14(12(2)23(36-6)22(33)24(27)28)9-18(38-17)39-26-21(32)20(31)19(30)16(10-29)37-26/h7,11-14,16-24,26,29-33H,8-10H2,1-6H3. The topological polar surface area (TPSA) is 164 Å². The van der Waals surface area contributed by atoms with Crippen LogP contribution in [0.15, 0.2) is 11.8 Å². The summed E-state index contributed by atoms with van der Waals surface area (Å²) in [4.78, 5) is 14.0. The van der Waals surface area contributed by atoms with Gasteiger partial charge in [-0.2, -0.15) is 0 Å². The summed E-state index contributed by atoms with van der Waals surface area (Å²) in [6.07, 6.45) is -6.94. The number of carbonyl (C=O) groups excluding carboxylic acids is 1. The highest BCUT2D eigenvalue weighted by Gasteiger charge is 2.72. The van der Waals surface area contributed by atoms with Gasteiger partial charge in [0.1, 0.15) is 24.4 Å². The number of aliphatic hydroxyl groups is 5. The molecule has 5 N–H and O–H groups in total. The monoisotopic (exact) mass is 556 g/mol. The smallest absolute Gasteiger partial charge is 0.203 e. The summed E-state index contributed by atoms with van der Waals surface area (Å²) in [7, 11) is 3.07. The molecule has 5 aliphatic rings. The maximum Gasteiger partial charge on any atom is 0.203 e. The molecule has 0 spiro atoms. The van der Waals surface area contributed by atoms with Crippen molar-refractivity contribution in [1.29, 1.82) is 0 Å². The summed E-state index contributed by atoms with van der Waals surface area (Å²) in [5.41, 5.74) is -1.52. The number of allylic oxidation sites excluding steroid dienone is 2. The number of hydrogen-bond acceptors (Lipinski definition) is 11. The molecule has 5 rings (SSSR count). The van der Waals surface area contributed by atoms with E-state index in [1.54, 1.807) is 7.11 Å². The van der Waals surface area contributed by atoms with E-state index in [0.717, 1.165) is 0 Å². The normalized spacial score (nSPS) is 55.4. The zero-order valence-electron chi connectivity index (χ0n) is 23.5. The molecule has 0 aromatic heterocycles. The van der Waals surface area contributed by atoms with Crippen molar-refractivity contribution in [2.24, 2.45) is 40.4 Å². The third-order valence-corrected chi connectivity index (χ3v) is 11.0. The Morgan fingerprint density at radius 2 is 1.67 bits per heavy atom. The van der Waals surface area contributed by atoms with Crippen molar-refractivity contribution in [3.63, 3.8) is 0 Å². The van der Waals surface area contributed by atoms with Crippen LogP contribution in [0, 0.1) is 40.4 Å². The Kier molecular flexibility index (Phi) is 7.74. The van der Waals surface area contributed by atoms with Gasteiger partial charge in [0.05, 0.1) is 32.0 Å². The van der Waals surface area contributed by atoms with Crippen molar-refractivity contribution < 1.29 is 54.0 Å². The highest BCUT2D eigenvalue weighted by molar-refractivity contribution is 5.99. The van der Waals surface area contributed by atoms with Gasteiger partial charge in [-0.05, 0) is 36.2 Å². The minimum Gasteiger partial charge on any atom is -0.493 e. The summed E-state index contributed by atoms with van der Waals surface area (Å²) in [6.45, 7) is 7.55. The molecule has 39 heavy (non-hydrogen) atoms. The van der Waals surface area contributed by atoms with Gasteiger partial charge in [0, 0.05) is 30.3 Å². The van der Waals surface area contributed by atoms with E-state index in [2.05, 4.69) is 6.92 Å². The van der Waals surface area contributed by atoms with Crippen molar-refractivity contribution in [3.05, 3.63) is 11.8 Å². The van der Waals surface area contributed by atoms with Crippen molar-refractivity contribution in [3.8, 4) is 0 Å². The SMILES string of the molecule is COC1=CC(C)C2CC3OC(OC4OC(CO)C(O)C(O)C4O)CC4C(C)C(OC)C(O)C(C2(C)C1=O)C34C. The lowest BCUT2D eigenvalue weighted by Gasteiger charge is -2.69. The van der Waals surface area contributed by atoms with E-state index in [9.17, 15) is 30.3 Å². The number of ketones is 1. The maximum atomic E-state index is 14.0. The molecule has 16 atom stereocenters. The van der Waals surface area contributed by atoms with Gasteiger partial charge in [0.25, 0.3) is 0 Å². The molecule has 222 valence electrons. The number of aliphatic hydroxyl groups excluding tert-OH is 5. The molecule has 2 saturated carbocycles. The van der Waals surface area contributed by atoms with Gasteiger partial charge in [-0.25, -0.2) is 0 Å². The zero-order chi connectivity index (χ0) is 28.6. The van der Waals surface area contributed by atoms with Gasteiger partial charge >= 0.3 is 0 Å². The quantitative estimate of drug-likeness (QED) is 0.309. The number of hydrogen-bond donors (Lipinski definition) is 5. The fourth-order valence-corrected chi connectivity index (χ4v) is 9.11. The Bertz CT molecular complexity index is 971. The van der Waals surface area contributed by atoms with E-state index in [1.807, 2.05) is 26.8 Å². The molecule has 0 aromatic carbocycles. The molecule has 2 saturated heterocycles. The molecule has 0 aromatic rings. The van der Waals surface area contributed by atoms with Crippen LogP contribution in [0.5, 0.6) is 0 Å². The molecule has 0 radical (unpaired) electrons. The van der Waals surface area contributed by atoms with Crippen molar-refractivity contribution >= 4 is 5.78 Å². The Hall–Kier alpha value is -1.15. The van der Waals surface area contributed by atoms with E-state index in [1.165, 1.54) is 7.11 Å². The first kappa shape index (κ1) is 29.3. The highest BCUT2D eigenvalue weighted by atomic mass is 16.8. The van der Waals surface area contributed by atoms with Crippen LogP contribution in [0.1, 0.15) is 40.5 Å². The fourth-order valence-electron chi connectivity index (χ4n) is 9.11. The number of fused-ring (bicyclic) bond motifs is 2. The Labute approximate surface area is 229 Å². The lowest BCUT2D eigenvalue weighted by Crippen LogP contribution is -2.74. The summed E-state index contributed by atoms with van der Waals surface area (Å²) in [6, 6.07) is 0. The summed E-state index contributed by atoms with van der Waals surface area (Å²) in [5.74, 6) is -0.649. The minimum absolute atomic E-state index is 0.0199. The summed E-state index contributed by atoms with van der Waals surface area (Å²) in [5, 5.41) is 52.4. The molecule has 16 unspecified atom stereocenters. The highest BCUT2D eigenvalue weighted by Crippen LogP contribution is 2.68. The van der Waals surface area contributed by atoms with E-state index in [4.69, 9.17) is 23.7 Å². The van der Waals surface area contributed by atoms with Crippen LogP contribution in [0.4, 0.5) is 0 Å². The molecule has 0 amide bonds. The lowest BCUT2D eigenvalue weighted by atomic mass is 9.38. The van der Waals surface area contributed by atoms with Crippen LogP contribution < -0.4 is 0 Å². The number of rotatable bonds is 5.